The first kappa shape index (κ1) is 10.5. The number of nitrogens with zero attached hydrogens (tertiary/aromatic N) is 2. The summed E-state index contributed by atoms with van der Waals surface area (Å²) in [6.45, 7) is 0.440. The Bertz CT molecular complexity index is 403. The number of carbonyl (C=O) groups excluding carboxylic acids is 2. The van der Waals surface area contributed by atoms with Crippen LogP contribution in [0.5, 0.6) is 0 Å². The van der Waals surface area contributed by atoms with E-state index in [0.29, 0.717) is 12.2 Å². The zero-order chi connectivity index (χ0) is 11.5. The molecule has 1 aromatic heterocycles. The summed E-state index contributed by atoms with van der Waals surface area (Å²) in [6, 6.07) is 2.27. The number of imide groups is 1. The summed E-state index contributed by atoms with van der Waals surface area (Å²) in [6.07, 6.45) is 1.34. The van der Waals surface area contributed by atoms with Crippen LogP contribution in [-0.2, 0) is 11.3 Å². The van der Waals surface area contributed by atoms with Gasteiger partial charge < -0.3 is 5.32 Å². The predicted octanol–water partition coefficient (Wildman–Crippen LogP) is 0.663. The largest absolute Gasteiger partial charge is 0.337 e. The van der Waals surface area contributed by atoms with Crippen LogP contribution in [0.25, 0.3) is 0 Å². The van der Waals surface area contributed by atoms with E-state index < -0.39 is 11.8 Å². The molecule has 0 atom stereocenters. The Hall–Kier alpha value is -1.98. The summed E-state index contributed by atoms with van der Waals surface area (Å²) in [4.78, 5) is 27.7. The van der Waals surface area contributed by atoms with E-state index in [0.717, 1.165) is 11.1 Å². The number of urea groups is 1. The first-order chi connectivity index (χ1) is 7.66. The molecule has 0 spiro atoms. The van der Waals surface area contributed by atoms with Crippen molar-refractivity contribution in [2.24, 2.45) is 0 Å². The van der Waals surface area contributed by atoms with Gasteiger partial charge in [0.15, 0.2) is 0 Å². The second-order valence-electron chi connectivity index (χ2n) is 3.43. The standard InChI is InChI=1S/C10H10FN3O2/c11-7-1-2-8(13-5-7)6-14-9(15)3-4-12-10(14)16/h1-2,5H,3-4,6H2,(H,12,16). The number of nitrogens with one attached hydrogen (secondary N) is 1. The van der Waals surface area contributed by atoms with Crippen LogP contribution in [0.15, 0.2) is 18.3 Å². The number of hydrogen-bond acceptors (Lipinski definition) is 3. The smallest absolute Gasteiger partial charge is 0.324 e. The highest BCUT2D eigenvalue weighted by molar-refractivity contribution is 5.96. The molecule has 2 rings (SSSR count). The topological polar surface area (TPSA) is 62.3 Å². The maximum Gasteiger partial charge on any atom is 0.324 e. The molecule has 1 fully saturated rings. The Kier molecular flexibility index (Phi) is 2.80. The molecular formula is C10H10FN3O2. The molecule has 6 heteroatoms. The van der Waals surface area contributed by atoms with Gasteiger partial charge in [-0.3, -0.25) is 14.7 Å². The Morgan fingerprint density at radius 3 is 2.88 bits per heavy atom. The maximum atomic E-state index is 12.6. The average molecular weight is 223 g/mol. The number of rotatable bonds is 2. The van der Waals surface area contributed by atoms with Gasteiger partial charge in [-0.2, -0.15) is 0 Å². The molecule has 0 saturated carbocycles. The molecule has 5 nitrogen and oxygen atoms in total. The number of amides is 3. The monoisotopic (exact) mass is 223 g/mol. The van der Waals surface area contributed by atoms with Crippen molar-refractivity contribution < 1.29 is 14.0 Å². The zero-order valence-corrected chi connectivity index (χ0v) is 8.44. The van der Waals surface area contributed by atoms with Crippen molar-refractivity contribution in [2.45, 2.75) is 13.0 Å². The van der Waals surface area contributed by atoms with Gasteiger partial charge >= 0.3 is 6.03 Å². The average Bonchev–Trinajstić information content (AvgIpc) is 2.26. The highest BCUT2D eigenvalue weighted by Crippen LogP contribution is 2.07. The molecule has 1 saturated heterocycles. The summed E-state index contributed by atoms with van der Waals surface area (Å²) in [7, 11) is 0. The van der Waals surface area contributed by atoms with E-state index in [1.54, 1.807) is 0 Å². The lowest BCUT2D eigenvalue weighted by molar-refractivity contribution is -0.129. The van der Waals surface area contributed by atoms with Crippen molar-refractivity contribution in [3.8, 4) is 0 Å². The molecule has 0 aliphatic carbocycles. The summed E-state index contributed by atoms with van der Waals surface area (Å²) in [5.41, 5.74) is 0.479. The SMILES string of the molecule is O=C1CCNC(=O)N1Cc1ccc(F)cn1. The fourth-order valence-electron chi connectivity index (χ4n) is 1.44. The van der Waals surface area contributed by atoms with Crippen molar-refractivity contribution >= 4 is 11.9 Å². The fourth-order valence-corrected chi connectivity index (χ4v) is 1.44. The van der Waals surface area contributed by atoms with E-state index in [1.165, 1.54) is 12.1 Å². The summed E-state index contributed by atoms with van der Waals surface area (Å²) in [5, 5.41) is 2.56. The molecule has 84 valence electrons. The van der Waals surface area contributed by atoms with Gasteiger partial charge in [0.1, 0.15) is 5.82 Å². The third-order valence-corrected chi connectivity index (χ3v) is 2.27. The highest BCUT2D eigenvalue weighted by atomic mass is 19.1. The highest BCUT2D eigenvalue weighted by Gasteiger charge is 2.25. The minimum absolute atomic E-state index is 0.0744. The normalized spacial score (nSPS) is 16.2. The molecule has 1 N–H and O–H groups in total. The fraction of sp³-hybridized carbons (Fsp3) is 0.300. The molecule has 0 radical (unpaired) electrons. The van der Waals surface area contributed by atoms with Crippen LogP contribution in [0.2, 0.25) is 0 Å². The van der Waals surface area contributed by atoms with Crippen LogP contribution in [0, 0.1) is 5.82 Å². The lowest BCUT2D eigenvalue weighted by Crippen LogP contribution is -2.49. The van der Waals surface area contributed by atoms with E-state index in [9.17, 15) is 14.0 Å². The molecular weight excluding hydrogens is 213 g/mol. The molecule has 0 aromatic carbocycles. The van der Waals surface area contributed by atoms with Crippen LogP contribution in [0.4, 0.5) is 9.18 Å². The van der Waals surface area contributed by atoms with E-state index >= 15 is 0 Å². The van der Waals surface area contributed by atoms with Crippen LogP contribution >= 0.6 is 0 Å². The Labute approximate surface area is 91.3 Å². The molecule has 0 bridgehead atoms. The Morgan fingerprint density at radius 1 is 1.44 bits per heavy atom. The molecule has 2 heterocycles. The number of pyridine rings is 1. The summed E-state index contributed by atoms with van der Waals surface area (Å²) in [5.74, 6) is -0.687. The number of aromatic nitrogens is 1. The van der Waals surface area contributed by atoms with Gasteiger partial charge in [-0.25, -0.2) is 9.18 Å². The third-order valence-electron chi connectivity index (χ3n) is 2.27. The lowest BCUT2D eigenvalue weighted by atomic mass is 10.2. The zero-order valence-electron chi connectivity index (χ0n) is 8.44. The molecule has 0 unspecified atom stereocenters. The van der Waals surface area contributed by atoms with Gasteiger partial charge in [0.2, 0.25) is 5.91 Å². The van der Waals surface area contributed by atoms with Crippen molar-refractivity contribution in [3.63, 3.8) is 0 Å². The number of halogens is 1. The van der Waals surface area contributed by atoms with E-state index in [-0.39, 0.29) is 18.9 Å². The number of hydrogen-bond donors (Lipinski definition) is 1. The van der Waals surface area contributed by atoms with Crippen LogP contribution < -0.4 is 5.32 Å². The van der Waals surface area contributed by atoms with E-state index in [2.05, 4.69) is 10.3 Å². The lowest BCUT2D eigenvalue weighted by Gasteiger charge is -2.25. The summed E-state index contributed by atoms with van der Waals surface area (Å²) < 4.78 is 12.6. The first-order valence-electron chi connectivity index (χ1n) is 4.85. The minimum atomic E-state index is -0.446. The van der Waals surface area contributed by atoms with Crippen molar-refractivity contribution in [2.75, 3.05) is 6.54 Å². The maximum absolute atomic E-state index is 12.6. The molecule has 1 aliphatic rings. The van der Waals surface area contributed by atoms with Crippen LogP contribution in [0.3, 0.4) is 0 Å². The van der Waals surface area contributed by atoms with Crippen molar-refractivity contribution in [1.29, 1.82) is 0 Å². The number of carbonyl (C=O) groups is 2. The van der Waals surface area contributed by atoms with E-state index in [4.69, 9.17) is 0 Å². The Morgan fingerprint density at radius 2 is 2.25 bits per heavy atom. The predicted molar refractivity (Wildman–Crippen MR) is 52.8 cm³/mol. The minimum Gasteiger partial charge on any atom is -0.337 e. The summed E-state index contributed by atoms with van der Waals surface area (Å²) >= 11 is 0. The van der Waals surface area contributed by atoms with Gasteiger partial charge in [0, 0.05) is 13.0 Å². The van der Waals surface area contributed by atoms with Gasteiger partial charge in [0.25, 0.3) is 0 Å². The van der Waals surface area contributed by atoms with Gasteiger partial charge in [-0.05, 0) is 12.1 Å². The molecule has 1 aromatic rings. The van der Waals surface area contributed by atoms with Gasteiger partial charge in [-0.1, -0.05) is 0 Å². The molecule has 16 heavy (non-hydrogen) atoms. The second kappa shape index (κ2) is 4.26. The van der Waals surface area contributed by atoms with Crippen molar-refractivity contribution in [1.82, 2.24) is 15.2 Å². The Balaban J connectivity index is 2.10. The van der Waals surface area contributed by atoms with E-state index in [1.807, 2.05) is 0 Å². The second-order valence-corrected chi connectivity index (χ2v) is 3.43. The van der Waals surface area contributed by atoms with Crippen LogP contribution in [0.1, 0.15) is 12.1 Å². The first-order valence-corrected chi connectivity index (χ1v) is 4.85. The van der Waals surface area contributed by atoms with Gasteiger partial charge in [0.05, 0.1) is 18.4 Å². The third kappa shape index (κ3) is 2.16. The van der Waals surface area contributed by atoms with Gasteiger partial charge in [-0.15, -0.1) is 0 Å². The van der Waals surface area contributed by atoms with Crippen molar-refractivity contribution in [3.05, 3.63) is 29.8 Å². The molecule has 1 aliphatic heterocycles. The van der Waals surface area contributed by atoms with Crippen LogP contribution in [-0.4, -0.2) is 28.4 Å². The molecule has 3 amide bonds. The quantitative estimate of drug-likeness (QED) is 0.801.